The third-order valence-electron chi connectivity index (χ3n) is 2.15. The van der Waals surface area contributed by atoms with Crippen molar-refractivity contribution in [3.8, 4) is 0 Å². The molecule has 1 aliphatic heterocycles. The van der Waals surface area contributed by atoms with Crippen LogP contribution in [0.5, 0.6) is 0 Å². The number of nitrogens with two attached hydrogens (primary N) is 1. The molecule has 3 N–H and O–H groups in total. The monoisotopic (exact) mass is 286 g/mol. The molecule has 5 heteroatoms. The molecule has 0 spiro atoms. The second-order valence-electron chi connectivity index (χ2n) is 3.30. The van der Waals surface area contributed by atoms with E-state index in [9.17, 15) is 0 Å². The van der Waals surface area contributed by atoms with Gasteiger partial charge in [0.05, 0.1) is 18.5 Å². The lowest BCUT2D eigenvalue weighted by Crippen LogP contribution is -2.30. The Labute approximate surface area is 101 Å². The molecule has 0 atom stereocenters. The molecule has 0 unspecified atom stereocenters. The van der Waals surface area contributed by atoms with Crippen molar-refractivity contribution in [2.75, 3.05) is 13.2 Å². The Morgan fingerprint density at radius 3 is 2.80 bits per heavy atom. The minimum absolute atomic E-state index is 0.102. The van der Waals surface area contributed by atoms with Crippen LogP contribution in [0.3, 0.4) is 0 Å². The maximum atomic E-state index is 7.54. The number of benzene rings is 1. The highest BCUT2D eigenvalue weighted by atomic mass is 79.9. The number of rotatable bonds is 3. The zero-order valence-corrected chi connectivity index (χ0v) is 10.4. The molecule has 1 aromatic rings. The predicted octanol–water partition coefficient (Wildman–Crippen LogP) is 2.22. The van der Waals surface area contributed by atoms with Gasteiger partial charge in [-0.2, -0.15) is 0 Å². The minimum atomic E-state index is 0.102. The van der Waals surface area contributed by atoms with Crippen LogP contribution < -0.4 is 5.73 Å². The Bertz CT molecular complexity index is 393. The van der Waals surface area contributed by atoms with Crippen LogP contribution in [0.25, 0.3) is 0 Å². The smallest absolute Gasteiger partial charge is 0.125 e. The molecule has 1 saturated heterocycles. The normalized spacial score (nSPS) is 16.1. The van der Waals surface area contributed by atoms with Crippen LogP contribution in [0.2, 0.25) is 0 Å². The van der Waals surface area contributed by atoms with Gasteiger partial charge in [0.1, 0.15) is 5.84 Å². The molecular weight excluding hydrogens is 276 g/mol. The molecule has 0 aromatic heterocycles. The van der Waals surface area contributed by atoms with E-state index >= 15 is 0 Å². The largest absolute Gasteiger partial charge is 0.384 e. The van der Waals surface area contributed by atoms with Gasteiger partial charge in [0, 0.05) is 14.9 Å². The number of nitrogen functional groups attached to an aromatic ring is 1. The lowest BCUT2D eigenvalue weighted by atomic mass is 10.2. The van der Waals surface area contributed by atoms with E-state index in [1.165, 1.54) is 0 Å². The lowest BCUT2D eigenvalue weighted by Gasteiger charge is -2.26. The number of hydrogen-bond donors (Lipinski definition) is 2. The maximum absolute atomic E-state index is 7.54. The number of nitrogens with one attached hydrogen (secondary N) is 1. The summed E-state index contributed by atoms with van der Waals surface area (Å²) in [4.78, 5) is 1.05. The zero-order chi connectivity index (χ0) is 10.8. The fraction of sp³-hybridized carbons (Fsp3) is 0.300. The van der Waals surface area contributed by atoms with Gasteiger partial charge in [0.15, 0.2) is 0 Å². The van der Waals surface area contributed by atoms with Crippen LogP contribution in [-0.4, -0.2) is 24.3 Å². The third kappa shape index (κ3) is 2.35. The first kappa shape index (κ1) is 11.0. The van der Waals surface area contributed by atoms with E-state index in [1.807, 2.05) is 18.2 Å². The summed E-state index contributed by atoms with van der Waals surface area (Å²) in [6.07, 6.45) is 0. The molecule has 15 heavy (non-hydrogen) atoms. The Balaban J connectivity index is 2.27. The molecule has 0 radical (unpaired) electrons. The van der Waals surface area contributed by atoms with Crippen LogP contribution in [0.1, 0.15) is 5.56 Å². The Morgan fingerprint density at radius 2 is 2.27 bits per heavy atom. The Kier molecular flexibility index (Phi) is 3.33. The van der Waals surface area contributed by atoms with Crippen molar-refractivity contribution >= 4 is 33.5 Å². The van der Waals surface area contributed by atoms with Gasteiger partial charge in [-0.15, -0.1) is 11.8 Å². The summed E-state index contributed by atoms with van der Waals surface area (Å²) in [7, 11) is 0. The van der Waals surface area contributed by atoms with Crippen LogP contribution in [0, 0.1) is 5.41 Å². The highest BCUT2D eigenvalue weighted by Gasteiger charge is 2.22. The van der Waals surface area contributed by atoms with Crippen molar-refractivity contribution in [2.24, 2.45) is 5.73 Å². The standard InChI is InChI=1S/C10H11BrN2OS/c11-7-2-1-3-8(9(7)10(12)13)15-6-4-14-5-6/h1-3,6H,4-5H2,(H3,12,13). The van der Waals surface area contributed by atoms with Gasteiger partial charge in [-0.25, -0.2) is 0 Å². The third-order valence-corrected chi connectivity index (χ3v) is 4.01. The van der Waals surface area contributed by atoms with Crippen LogP contribution >= 0.6 is 27.7 Å². The number of ether oxygens (including phenoxy) is 1. The minimum Gasteiger partial charge on any atom is -0.384 e. The van der Waals surface area contributed by atoms with Gasteiger partial charge in [-0.1, -0.05) is 6.07 Å². The van der Waals surface area contributed by atoms with Crippen LogP contribution in [0.4, 0.5) is 0 Å². The number of amidine groups is 1. The molecule has 0 saturated carbocycles. The molecule has 3 nitrogen and oxygen atoms in total. The highest BCUT2D eigenvalue weighted by molar-refractivity contribution is 9.10. The van der Waals surface area contributed by atoms with Crippen molar-refractivity contribution < 1.29 is 4.74 Å². The van der Waals surface area contributed by atoms with Gasteiger partial charge in [0.2, 0.25) is 0 Å². The maximum Gasteiger partial charge on any atom is 0.125 e. The van der Waals surface area contributed by atoms with E-state index in [-0.39, 0.29) is 5.84 Å². The average molecular weight is 287 g/mol. The highest BCUT2D eigenvalue weighted by Crippen LogP contribution is 2.33. The van der Waals surface area contributed by atoms with Crippen molar-refractivity contribution in [1.82, 2.24) is 0 Å². The van der Waals surface area contributed by atoms with Crippen molar-refractivity contribution in [3.05, 3.63) is 28.2 Å². The number of hydrogen-bond acceptors (Lipinski definition) is 3. The molecule has 0 bridgehead atoms. The first-order valence-corrected chi connectivity index (χ1v) is 6.23. The average Bonchev–Trinajstić information content (AvgIpc) is 2.10. The molecule has 0 aliphatic carbocycles. The fourth-order valence-electron chi connectivity index (χ4n) is 1.33. The first-order chi connectivity index (χ1) is 7.18. The summed E-state index contributed by atoms with van der Waals surface area (Å²) in [5.74, 6) is 0.102. The fourth-order valence-corrected chi connectivity index (χ4v) is 3.22. The van der Waals surface area contributed by atoms with E-state index < -0.39 is 0 Å². The van der Waals surface area contributed by atoms with Crippen LogP contribution in [-0.2, 0) is 4.74 Å². The van der Waals surface area contributed by atoms with E-state index in [2.05, 4.69) is 15.9 Å². The van der Waals surface area contributed by atoms with Crippen LogP contribution in [0.15, 0.2) is 27.6 Å². The zero-order valence-electron chi connectivity index (χ0n) is 8.00. The topological polar surface area (TPSA) is 59.1 Å². The first-order valence-electron chi connectivity index (χ1n) is 4.56. The van der Waals surface area contributed by atoms with Crippen molar-refractivity contribution in [2.45, 2.75) is 10.1 Å². The van der Waals surface area contributed by atoms with E-state index in [1.54, 1.807) is 11.8 Å². The molecule has 2 rings (SSSR count). The van der Waals surface area contributed by atoms with Gasteiger partial charge in [0.25, 0.3) is 0 Å². The number of halogens is 1. The quantitative estimate of drug-likeness (QED) is 0.662. The summed E-state index contributed by atoms with van der Waals surface area (Å²) in [5, 5.41) is 8.04. The summed E-state index contributed by atoms with van der Waals surface area (Å²) in [6, 6.07) is 5.85. The second-order valence-corrected chi connectivity index (χ2v) is 5.50. The number of thioether (sulfide) groups is 1. The molecule has 80 valence electrons. The van der Waals surface area contributed by atoms with E-state index in [0.717, 1.165) is 28.1 Å². The van der Waals surface area contributed by atoms with E-state index in [4.69, 9.17) is 15.9 Å². The molecular formula is C10H11BrN2OS. The van der Waals surface area contributed by atoms with Crippen molar-refractivity contribution in [1.29, 1.82) is 5.41 Å². The summed E-state index contributed by atoms with van der Waals surface area (Å²) in [5.41, 5.74) is 6.35. The second kappa shape index (κ2) is 4.55. The molecule has 1 aliphatic rings. The summed E-state index contributed by atoms with van der Waals surface area (Å²) >= 11 is 5.14. The molecule has 1 heterocycles. The van der Waals surface area contributed by atoms with Gasteiger partial charge >= 0.3 is 0 Å². The lowest BCUT2D eigenvalue weighted by molar-refractivity contribution is 0.0455. The Morgan fingerprint density at radius 1 is 1.53 bits per heavy atom. The van der Waals surface area contributed by atoms with Gasteiger partial charge < -0.3 is 10.5 Å². The van der Waals surface area contributed by atoms with Gasteiger partial charge in [-0.3, -0.25) is 5.41 Å². The predicted molar refractivity (Wildman–Crippen MR) is 65.6 cm³/mol. The Hall–Kier alpha value is -0.520. The molecule has 1 fully saturated rings. The molecule has 0 amide bonds. The SMILES string of the molecule is N=C(N)c1c(Br)cccc1SC1COC1. The molecule has 1 aromatic carbocycles. The summed E-state index contributed by atoms with van der Waals surface area (Å²) in [6.45, 7) is 1.57. The van der Waals surface area contributed by atoms with Crippen molar-refractivity contribution in [3.63, 3.8) is 0 Å². The van der Waals surface area contributed by atoms with E-state index in [0.29, 0.717) is 5.25 Å². The van der Waals surface area contributed by atoms with Gasteiger partial charge in [-0.05, 0) is 28.1 Å². The summed E-state index contributed by atoms with van der Waals surface area (Å²) < 4.78 is 6.00.